The Bertz CT molecular complexity index is 2090. The van der Waals surface area contributed by atoms with E-state index >= 15 is 0 Å². The van der Waals surface area contributed by atoms with Crippen LogP contribution in [0.2, 0.25) is 0 Å². The zero-order valence-corrected chi connectivity index (χ0v) is 31.5. The number of anilines is 1. The van der Waals surface area contributed by atoms with Gasteiger partial charge in [-0.3, -0.25) is 30.8 Å². The second-order valence-corrected chi connectivity index (χ2v) is 15.6. The van der Waals surface area contributed by atoms with Crippen LogP contribution in [-0.4, -0.2) is 123 Å². The number of para-hydroxylation sites is 1. The molecule has 0 bridgehead atoms. The maximum Gasteiger partial charge on any atom is 0.242 e. The number of ether oxygens (including phenoxy) is 3. The van der Waals surface area contributed by atoms with Crippen molar-refractivity contribution < 1.29 is 58.9 Å². The molecule has 3 aliphatic heterocycles. The summed E-state index contributed by atoms with van der Waals surface area (Å²) in [7, 11) is 0. The van der Waals surface area contributed by atoms with Gasteiger partial charge in [-0.25, -0.2) is 0 Å². The van der Waals surface area contributed by atoms with Crippen molar-refractivity contribution in [2.45, 2.75) is 106 Å². The summed E-state index contributed by atoms with van der Waals surface area (Å²) in [4.78, 5) is 54.7. The van der Waals surface area contributed by atoms with Crippen molar-refractivity contribution in [3.05, 3.63) is 88.0 Å². The highest BCUT2D eigenvalue weighted by atomic mass is 16.7. The number of ketones is 2. The van der Waals surface area contributed by atoms with Gasteiger partial charge >= 0.3 is 0 Å². The molecule has 5 aliphatic rings. The summed E-state index contributed by atoms with van der Waals surface area (Å²) in [6, 6.07) is 14.4. The summed E-state index contributed by atoms with van der Waals surface area (Å²) in [5.74, 6) is -1.84. The van der Waals surface area contributed by atoms with E-state index in [0.717, 1.165) is 6.42 Å². The molecule has 3 aromatic rings. The average molecular weight is 802 g/mol. The highest BCUT2D eigenvalue weighted by Crippen LogP contribution is 2.46. The number of nitrogens with one attached hydrogen (secondary N) is 3. The van der Waals surface area contributed by atoms with Crippen LogP contribution in [0.1, 0.15) is 81.5 Å². The lowest BCUT2D eigenvalue weighted by Crippen LogP contribution is -2.70. The Morgan fingerprint density at radius 1 is 0.914 bits per heavy atom. The van der Waals surface area contributed by atoms with E-state index in [1.165, 1.54) is 18.2 Å². The Hall–Kier alpha value is -4.82. The molecule has 17 heteroatoms. The summed E-state index contributed by atoms with van der Waals surface area (Å²) in [5, 5.41) is 65.1. The molecule has 4 fully saturated rings. The number of nitrogens with two attached hydrogens (primary N) is 1. The van der Waals surface area contributed by atoms with E-state index < -0.39 is 79.1 Å². The summed E-state index contributed by atoms with van der Waals surface area (Å²) in [5.41, 5.74) is 6.14. The minimum absolute atomic E-state index is 0.0113. The van der Waals surface area contributed by atoms with Gasteiger partial charge in [0.15, 0.2) is 23.1 Å². The molecule has 58 heavy (non-hydrogen) atoms. The van der Waals surface area contributed by atoms with E-state index in [0.29, 0.717) is 30.4 Å². The molecular weight excluding hydrogens is 754 g/mol. The summed E-state index contributed by atoms with van der Waals surface area (Å²) in [6.45, 7) is -0.259. The fraction of sp³-hybridized carbons (Fsp3) is 0.463. The third kappa shape index (κ3) is 7.16. The standard InChI is InChI=1S/C41H47N5O12/c42-40-44-37-28(38(54)45-40)43-19-46(37)26-11-5-2-8-20(26)16-21-17-25-27(30(50)24-10-4-3-9-23(24)29(25)49)35(56-18-22(48)12-15-47)34(21)57-39-33(53)31(51)32(52)36(58-39)41(55)13-6-1-7-14-41/h2-5,8-11,15,17,22,28,31-33,36-37,39-40,43-44,48,51-53,55H,1,6-7,12-14,16,18-19,42H2,(H,45,54)/t22-,28+,31-,32-,33+,36-,37+,39+,40-/m1/s1. The lowest BCUT2D eigenvalue weighted by molar-refractivity contribution is -0.308. The Labute approximate surface area is 333 Å². The molecule has 3 aromatic carbocycles. The highest BCUT2D eigenvalue weighted by molar-refractivity contribution is 6.29. The van der Waals surface area contributed by atoms with Crippen LogP contribution in [0.4, 0.5) is 5.69 Å². The van der Waals surface area contributed by atoms with Crippen molar-refractivity contribution in [2.24, 2.45) is 5.73 Å². The summed E-state index contributed by atoms with van der Waals surface area (Å²) < 4.78 is 18.8. The highest BCUT2D eigenvalue weighted by Gasteiger charge is 2.54. The first-order valence-corrected chi connectivity index (χ1v) is 19.5. The molecule has 0 radical (unpaired) electrons. The number of hydrogen-bond acceptors (Lipinski definition) is 16. The minimum Gasteiger partial charge on any atom is -0.486 e. The molecule has 8 rings (SSSR count). The van der Waals surface area contributed by atoms with E-state index in [1.54, 1.807) is 18.2 Å². The van der Waals surface area contributed by atoms with Crippen molar-refractivity contribution in [1.29, 1.82) is 0 Å². The van der Waals surface area contributed by atoms with Gasteiger partial charge in [0.25, 0.3) is 0 Å². The van der Waals surface area contributed by atoms with Gasteiger partial charge in [0.05, 0.1) is 23.9 Å². The van der Waals surface area contributed by atoms with Gasteiger partial charge in [0, 0.05) is 40.8 Å². The van der Waals surface area contributed by atoms with Crippen LogP contribution in [0.5, 0.6) is 11.5 Å². The zero-order chi connectivity index (χ0) is 40.9. The van der Waals surface area contributed by atoms with E-state index in [4.69, 9.17) is 19.9 Å². The van der Waals surface area contributed by atoms with Crippen LogP contribution < -0.4 is 36.1 Å². The van der Waals surface area contributed by atoms with Gasteiger partial charge in [-0.05, 0) is 30.5 Å². The van der Waals surface area contributed by atoms with Gasteiger partial charge in [-0.2, -0.15) is 0 Å². The first-order chi connectivity index (χ1) is 27.9. The van der Waals surface area contributed by atoms with E-state index in [2.05, 4.69) is 16.0 Å². The van der Waals surface area contributed by atoms with Gasteiger partial charge in [0.1, 0.15) is 55.8 Å². The monoisotopic (exact) mass is 801 g/mol. The Balaban J connectivity index is 1.27. The molecular formula is C41H47N5O12. The van der Waals surface area contributed by atoms with E-state index in [-0.39, 0.29) is 77.6 Å². The number of amides is 1. The van der Waals surface area contributed by atoms with Crippen molar-refractivity contribution in [3.63, 3.8) is 0 Å². The molecule has 2 aliphatic carbocycles. The predicted molar refractivity (Wildman–Crippen MR) is 204 cm³/mol. The van der Waals surface area contributed by atoms with Crippen molar-refractivity contribution in [1.82, 2.24) is 16.0 Å². The van der Waals surface area contributed by atoms with Crippen molar-refractivity contribution in [3.8, 4) is 11.5 Å². The van der Waals surface area contributed by atoms with Crippen LogP contribution in [0.15, 0.2) is 54.6 Å². The number of carbonyl (C=O) groups excluding carboxylic acids is 4. The Kier molecular flexibility index (Phi) is 11.1. The van der Waals surface area contributed by atoms with Crippen LogP contribution in [0, 0.1) is 0 Å². The fourth-order valence-corrected chi connectivity index (χ4v) is 8.83. The number of aldehydes is 1. The number of hydrogen-bond donors (Lipinski definition) is 9. The molecule has 3 heterocycles. The maximum absolute atomic E-state index is 14.4. The van der Waals surface area contributed by atoms with Gasteiger partial charge in [-0.1, -0.05) is 61.7 Å². The summed E-state index contributed by atoms with van der Waals surface area (Å²) >= 11 is 0. The largest absolute Gasteiger partial charge is 0.486 e. The SMILES string of the molecule is N[C@H]1NC(=O)[C@H]2NCN(c3ccccc3Cc3cc4c(c(OC[C@H](O)CC=O)c3O[C@H]3O[C@@H](C5(O)CCCCC5)[C@H](O)[C@@H](O)[C@@H]3O)C(=O)c3ccccc3C4=O)[C@@H]2N1. The lowest BCUT2D eigenvalue weighted by Gasteiger charge is -2.48. The predicted octanol–water partition coefficient (Wildman–Crippen LogP) is -0.713. The first-order valence-electron chi connectivity index (χ1n) is 19.5. The minimum atomic E-state index is -1.87. The second kappa shape index (κ2) is 16.1. The molecule has 17 nitrogen and oxygen atoms in total. The van der Waals surface area contributed by atoms with E-state index in [9.17, 15) is 44.7 Å². The zero-order valence-electron chi connectivity index (χ0n) is 31.5. The number of aliphatic hydroxyl groups excluding tert-OH is 4. The van der Waals surface area contributed by atoms with Crippen LogP contribution in [-0.2, 0) is 20.7 Å². The number of benzene rings is 3. The van der Waals surface area contributed by atoms with Crippen LogP contribution >= 0.6 is 0 Å². The molecule has 9 atom stereocenters. The number of carbonyl (C=O) groups is 4. The third-order valence-electron chi connectivity index (χ3n) is 11.8. The molecule has 10 N–H and O–H groups in total. The fourth-order valence-electron chi connectivity index (χ4n) is 8.83. The average Bonchev–Trinajstić information content (AvgIpc) is 3.64. The van der Waals surface area contributed by atoms with Crippen molar-refractivity contribution in [2.75, 3.05) is 18.2 Å². The van der Waals surface area contributed by atoms with Gasteiger partial charge in [-0.15, -0.1) is 0 Å². The number of fused-ring (bicyclic) bond motifs is 3. The van der Waals surface area contributed by atoms with E-state index in [1.807, 2.05) is 23.1 Å². The Morgan fingerprint density at radius 2 is 1.62 bits per heavy atom. The summed E-state index contributed by atoms with van der Waals surface area (Å²) in [6.07, 6.45) is -8.35. The first kappa shape index (κ1) is 40.0. The molecule has 0 unspecified atom stereocenters. The number of aliphatic hydroxyl groups is 5. The molecule has 0 spiro atoms. The molecule has 3 saturated heterocycles. The topological polar surface area (TPSA) is 262 Å². The normalized spacial score (nSPS) is 29.5. The van der Waals surface area contributed by atoms with Crippen LogP contribution in [0.3, 0.4) is 0 Å². The Morgan fingerprint density at radius 3 is 2.36 bits per heavy atom. The number of rotatable bonds is 11. The molecule has 1 amide bonds. The molecule has 1 saturated carbocycles. The molecule has 308 valence electrons. The van der Waals surface area contributed by atoms with Crippen LogP contribution in [0.25, 0.3) is 0 Å². The molecule has 0 aromatic heterocycles. The quantitative estimate of drug-likeness (QED) is 0.0849. The maximum atomic E-state index is 14.4. The lowest BCUT2D eigenvalue weighted by atomic mass is 9.76. The van der Waals surface area contributed by atoms with Crippen molar-refractivity contribution >= 4 is 29.4 Å². The smallest absolute Gasteiger partial charge is 0.242 e. The third-order valence-corrected chi connectivity index (χ3v) is 11.8. The number of nitrogens with zero attached hydrogens (tertiary/aromatic N) is 1. The van der Waals surface area contributed by atoms with Gasteiger partial charge < -0.3 is 54.8 Å². The second-order valence-electron chi connectivity index (χ2n) is 15.6. The van der Waals surface area contributed by atoms with Gasteiger partial charge in [0.2, 0.25) is 12.2 Å².